The van der Waals surface area contributed by atoms with E-state index in [1.807, 2.05) is 12.3 Å². The monoisotopic (exact) mass is 521 g/mol. The Hall–Kier alpha value is -4.51. The molecule has 0 saturated carbocycles. The Morgan fingerprint density at radius 1 is 0.675 bits per heavy atom. The minimum atomic E-state index is 0.327. The highest BCUT2D eigenvalue weighted by atomic mass is 14.9. The normalized spacial score (nSPS) is 13.2. The first kappa shape index (κ1) is 23.4. The molecule has 2 N–H and O–H groups in total. The van der Waals surface area contributed by atoms with Crippen molar-refractivity contribution in [1.82, 2.24) is 24.9 Å². The van der Waals surface area contributed by atoms with Crippen LogP contribution < -0.4 is 0 Å². The van der Waals surface area contributed by atoms with Gasteiger partial charge in [-0.05, 0) is 64.6 Å². The summed E-state index contributed by atoms with van der Waals surface area (Å²) in [6, 6.07) is 22.3. The molecule has 0 bridgehead atoms. The van der Waals surface area contributed by atoms with E-state index in [0.29, 0.717) is 11.8 Å². The zero-order valence-electron chi connectivity index (χ0n) is 23.3. The third kappa shape index (κ3) is 3.37. The van der Waals surface area contributed by atoms with Crippen LogP contribution in [0.5, 0.6) is 0 Å². The summed E-state index contributed by atoms with van der Waals surface area (Å²) in [5, 5.41) is 6.00. The van der Waals surface area contributed by atoms with Crippen LogP contribution in [0.1, 0.15) is 62.4 Å². The van der Waals surface area contributed by atoms with Gasteiger partial charge in [-0.25, -0.2) is 9.97 Å². The molecule has 40 heavy (non-hydrogen) atoms. The van der Waals surface area contributed by atoms with Crippen LogP contribution in [0.25, 0.3) is 65.9 Å². The lowest BCUT2D eigenvalue weighted by Crippen LogP contribution is -2.04. The number of rotatable bonds is 3. The molecule has 0 spiro atoms. The van der Waals surface area contributed by atoms with Gasteiger partial charge < -0.3 is 9.97 Å². The Morgan fingerprint density at radius 3 is 2.27 bits per heavy atom. The van der Waals surface area contributed by atoms with Crippen LogP contribution in [0.15, 0.2) is 66.9 Å². The van der Waals surface area contributed by atoms with Crippen molar-refractivity contribution < 1.29 is 0 Å². The van der Waals surface area contributed by atoms with E-state index in [9.17, 15) is 0 Å². The van der Waals surface area contributed by atoms with Crippen LogP contribution in [0, 0.1) is 0 Å². The molecule has 7 aromatic rings. The van der Waals surface area contributed by atoms with Crippen LogP contribution in [-0.2, 0) is 12.8 Å². The van der Waals surface area contributed by atoms with Gasteiger partial charge in [0.05, 0.1) is 22.2 Å². The second-order valence-corrected chi connectivity index (χ2v) is 11.8. The standard InChI is InChI=1S/C35H31N5/c1-18(2)34-37-29-14-13-24-23-10-7-20(16-22(23)9-12-25(24)31(29)38-34)21-8-11-26-28(17-21)30-27(6-5-15-36-30)33-32(26)39-35(40-33)19(3)4/h5-12,15-19H,13-14H2,1-4H3,(H,37,38)(H,39,40). The Bertz CT molecular complexity index is 2130. The Kier molecular flexibility index (Phi) is 4.96. The molecule has 0 aliphatic heterocycles. The third-order valence-electron chi connectivity index (χ3n) is 8.56. The predicted octanol–water partition coefficient (Wildman–Crippen LogP) is 8.82. The molecule has 196 valence electrons. The molecule has 5 heteroatoms. The molecule has 0 radical (unpaired) electrons. The molecular weight excluding hydrogens is 490 g/mol. The number of H-pyrrole nitrogens is 2. The number of hydrogen-bond donors (Lipinski definition) is 2. The number of nitrogens with one attached hydrogen (secondary N) is 2. The van der Waals surface area contributed by atoms with Crippen molar-refractivity contribution in [3.05, 3.63) is 89.8 Å². The van der Waals surface area contributed by atoms with Crippen molar-refractivity contribution in [2.45, 2.75) is 52.4 Å². The molecule has 1 aliphatic carbocycles. The zero-order chi connectivity index (χ0) is 27.1. The lowest BCUT2D eigenvalue weighted by Gasteiger charge is -2.18. The van der Waals surface area contributed by atoms with Crippen molar-refractivity contribution in [2.75, 3.05) is 0 Å². The molecule has 5 nitrogen and oxygen atoms in total. The lowest BCUT2D eigenvalue weighted by atomic mass is 9.87. The third-order valence-corrected chi connectivity index (χ3v) is 8.56. The van der Waals surface area contributed by atoms with Gasteiger partial charge in [0, 0.05) is 45.4 Å². The van der Waals surface area contributed by atoms with Gasteiger partial charge in [0.15, 0.2) is 0 Å². The van der Waals surface area contributed by atoms with Crippen molar-refractivity contribution in [1.29, 1.82) is 0 Å². The molecule has 1 aliphatic rings. The molecular formula is C35H31N5. The minimum absolute atomic E-state index is 0.327. The van der Waals surface area contributed by atoms with E-state index in [-0.39, 0.29) is 0 Å². The summed E-state index contributed by atoms with van der Waals surface area (Å²) in [6.07, 6.45) is 3.92. The first-order valence-corrected chi connectivity index (χ1v) is 14.3. The van der Waals surface area contributed by atoms with Crippen molar-refractivity contribution in [2.24, 2.45) is 0 Å². The van der Waals surface area contributed by atoms with Crippen LogP contribution in [0.4, 0.5) is 0 Å². The van der Waals surface area contributed by atoms with Crippen molar-refractivity contribution in [3.63, 3.8) is 0 Å². The number of hydrogen-bond acceptors (Lipinski definition) is 3. The fraction of sp³-hybridized carbons (Fsp3) is 0.229. The summed E-state index contributed by atoms with van der Waals surface area (Å²) in [4.78, 5) is 21.9. The van der Waals surface area contributed by atoms with Crippen molar-refractivity contribution in [3.8, 4) is 22.4 Å². The molecule has 4 aromatic carbocycles. The maximum Gasteiger partial charge on any atom is 0.109 e. The van der Waals surface area contributed by atoms with E-state index in [0.717, 1.165) is 62.9 Å². The Morgan fingerprint density at radius 2 is 1.45 bits per heavy atom. The lowest BCUT2D eigenvalue weighted by molar-refractivity contribution is 0.787. The van der Waals surface area contributed by atoms with Gasteiger partial charge in [0.1, 0.15) is 11.6 Å². The first-order valence-electron chi connectivity index (χ1n) is 14.3. The molecule has 8 rings (SSSR count). The summed E-state index contributed by atoms with van der Waals surface area (Å²) in [6.45, 7) is 8.73. The number of aryl methyl sites for hydroxylation is 2. The Balaban J connectivity index is 1.28. The quantitative estimate of drug-likeness (QED) is 0.228. The summed E-state index contributed by atoms with van der Waals surface area (Å²) in [5.41, 5.74) is 10.6. The Labute approximate surface area is 232 Å². The summed E-state index contributed by atoms with van der Waals surface area (Å²) in [7, 11) is 0. The number of benzene rings is 4. The van der Waals surface area contributed by atoms with Gasteiger partial charge >= 0.3 is 0 Å². The SMILES string of the molecule is CC(C)c1nc2c([nH]1)CCc1c-2ccc2cc(-c3ccc4c(c3)c3ncccc3c3nc(C(C)C)[nH]c43)ccc12. The average Bonchev–Trinajstić information content (AvgIpc) is 3.63. The van der Waals surface area contributed by atoms with Crippen LogP contribution in [0.3, 0.4) is 0 Å². The summed E-state index contributed by atoms with van der Waals surface area (Å²) < 4.78 is 0. The smallest absolute Gasteiger partial charge is 0.109 e. The van der Waals surface area contributed by atoms with E-state index >= 15 is 0 Å². The van der Waals surface area contributed by atoms with Gasteiger partial charge in [-0.3, -0.25) is 4.98 Å². The van der Waals surface area contributed by atoms with E-state index in [4.69, 9.17) is 15.0 Å². The first-order chi connectivity index (χ1) is 19.5. The second-order valence-electron chi connectivity index (χ2n) is 11.8. The average molecular weight is 522 g/mol. The van der Waals surface area contributed by atoms with Crippen LogP contribution >= 0.6 is 0 Å². The molecule has 0 saturated heterocycles. The minimum Gasteiger partial charge on any atom is -0.345 e. The zero-order valence-corrected chi connectivity index (χ0v) is 23.3. The molecule has 3 aromatic heterocycles. The molecule has 0 atom stereocenters. The van der Waals surface area contributed by atoms with Gasteiger partial charge in [-0.15, -0.1) is 0 Å². The highest BCUT2D eigenvalue weighted by Crippen LogP contribution is 2.40. The second kappa shape index (κ2) is 8.49. The maximum absolute atomic E-state index is 4.98. The number of aromatic nitrogens is 5. The predicted molar refractivity (Wildman–Crippen MR) is 165 cm³/mol. The van der Waals surface area contributed by atoms with Gasteiger partial charge in [0.25, 0.3) is 0 Å². The molecule has 0 unspecified atom stereocenters. The highest BCUT2D eigenvalue weighted by Gasteiger charge is 2.23. The number of fused-ring (bicyclic) bond motifs is 11. The number of nitrogens with zero attached hydrogens (tertiary/aromatic N) is 3. The van der Waals surface area contributed by atoms with Gasteiger partial charge in [-0.2, -0.15) is 0 Å². The van der Waals surface area contributed by atoms with Crippen molar-refractivity contribution >= 4 is 43.5 Å². The van der Waals surface area contributed by atoms with E-state index in [1.165, 1.54) is 38.7 Å². The number of aromatic amines is 2. The highest BCUT2D eigenvalue weighted by molar-refractivity contribution is 6.22. The topological polar surface area (TPSA) is 70.2 Å². The van der Waals surface area contributed by atoms with Crippen LogP contribution in [-0.4, -0.2) is 24.9 Å². The largest absolute Gasteiger partial charge is 0.345 e. The van der Waals surface area contributed by atoms with E-state index in [1.54, 1.807) is 0 Å². The fourth-order valence-electron chi connectivity index (χ4n) is 6.43. The molecule has 0 amide bonds. The fourth-order valence-corrected chi connectivity index (χ4v) is 6.43. The molecule has 3 heterocycles. The maximum atomic E-state index is 4.98. The molecule has 0 fully saturated rings. The van der Waals surface area contributed by atoms with Gasteiger partial charge in [0.2, 0.25) is 0 Å². The van der Waals surface area contributed by atoms with Crippen LogP contribution in [0.2, 0.25) is 0 Å². The van der Waals surface area contributed by atoms with Gasteiger partial charge in [-0.1, -0.05) is 64.1 Å². The number of imidazole rings is 2. The van der Waals surface area contributed by atoms with E-state index < -0.39 is 0 Å². The van der Waals surface area contributed by atoms with E-state index in [2.05, 4.69) is 92.3 Å². The summed E-state index contributed by atoms with van der Waals surface area (Å²) in [5.74, 6) is 2.82. The number of pyridine rings is 1. The summed E-state index contributed by atoms with van der Waals surface area (Å²) >= 11 is 0.